The van der Waals surface area contributed by atoms with Gasteiger partial charge in [-0.1, -0.05) is 0 Å². The molecule has 2 aromatic rings. The van der Waals surface area contributed by atoms with E-state index in [0.717, 1.165) is 12.2 Å². The molecule has 0 heterocycles. The third kappa shape index (κ3) is 3.74. The maximum atomic E-state index is 12.2. The van der Waals surface area contributed by atoms with Crippen LogP contribution in [0.5, 0.6) is 17.2 Å². The molecule has 0 atom stereocenters. The van der Waals surface area contributed by atoms with Gasteiger partial charge in [-0.3, -0.25) is 4.79 Å². The van der Waals surface area contributed by atoms with Crippen LogP contribution < -0.4 is 14.8 Å². The highest BCUT2D eigenvalue weighted by atomic mass is 16.5. The van der Waals surface area contributed by atoms with Crippen molar-refractivity contribution in [3.63, 3.8) is 0 Å². The molecule has 1 fully saturated rings. The minimum atomic E-state index is -0.850. The van der Waals surface area contributed by atoms with Crippen molar-refractivity contribution in [1.82, 2.24) is 0 Å². The molecule has 0 aliphatic heterocycles. The summed E-state index contributed by atoms with van der Waals surface area (Å²) in [6.45, 7) is 2.56. The van der Waals surface area contributed by atoms with Gasteiger partial charge in [-0.25, -0.2) is 0 Å². The van der Waals surface area contributed by atoms with Crippen molar-refractivity contribution >= 4 is 11.6 Å². The van der Waals surface area contributed by atoms with Crippen LogP contribution in [-0.2, 0) is 4.79 Å². The average molecular weight is 336 g/mol. The number of benzene rings is 2. The number of hydrogen-bond acceptors (Lipinski definition) is 4. The fourth-order valence-corrected chi connectivity index (χ4v) is 2.68. The normalized spacial score (nSPS) is 14.7. The molecule has 0 saturated heterocycles. The third-order valence-corrected chi connectivity index (χ3v) is 4.34. The van der Waals surface area contributed by atoms with E-state index in [4.69, 9.17) is 9.47 Å². The molecule has 0 bridgehead atoms. The second-order valence-corrected chi connectivity index (χ2v) is 6.03. The molecule has 3 rings (SSSR count). The Labute approximate surface area is 147 Å². The number of amides is 1. The Balaban J connectivity index is 1.60. The zero-order chi connectivity index (χ0) is 17.7. The lowest BCUT2D eigenvalue weighted by molar-refractivity contribution is -0.126. The maximum absolute atomic E-state index is 12.2. The minimum Gasteiger partial charge on any atom is -0.494 e. The van der Waals surface area contributed by atoms with Crippen molar-refractivity contribution < 1.29 is 14.3 Å². The fourth-order valence-electron chi connectivity index (χ4n) is 2.68. The Bertz CT molecular complexity index is 772. The molecule has 5 nitrogen and oxygen atoms in total. The zero-order valence-electron chi connectivity index (χ0n) is 14.1. The molecule has 25 heavy (non-hydrogen) atoms. The van der Waals surface area contributed by atoms with E-state index in [1.807, 2.05) is 31.2 Å². The van der Waals surface area contributed by atoms with Crippen molar-refractivity contribution in [2.45, 2.75) is 26.2 Å². The number of rotatable bonds is 6. The van der Waals surface area contributed by atoms with Crippen molar-refractivity contribution in [2.24, 2.45) is 5.41 Å². The third-order valence-electron chi connectivity index (χ3n) is 4.34. The summed E-state index contributed by atoms with van der Waals surface area (Å²) in [5, 5.41) is 12.0. The van der Waals surface area contributed by atoms with E-state index >= 15 is 0 Å². The molecule has 5 heteroatoms. The molecular formula is C20H20N2O3. The largest absolute Gasteiger partial charge is 0.494 e. The summed E-state index contributed by atoms with van der Waals surface area (Å²) >= 11 is 0. The lowest BCUT2D eigenvalue weighted by atomic mass is 9.69. The molecular weight excluding hydrogens is 316 g/mol. The van der Waals surface area contributed by atoms with Crippen LogP contribution in [0.2, 0.25) is 0 Å². The van der Waals surface area contributed by atoms with Crippen LogP contribution in [0.15, 0.2) is 48.5 Å². The number of carbonyl (C=O) groups is 1. The van der Waals surface area contributed by atoms with E-state index in [0.29, 0.717) is 36.6 Å². The van der Waals surface area contributed by atoms with Gasteiger partial charge in [0.15, 0.2) is 0 Å². The smallest absolute Gasteiger partial charge is 0.244 e. The molecule has 1 aliphatic rings. The van der Waals surface area contributed by atoms with Crippen molar-refractivity contribution in [3.8, 4) is 23.3 Å². The molecule has 128 valence electrons. The number of anilines is 1. The second kappa shape index (κ2) is 7.27. The number of nitrogens with one attached hydrogen (secondary N) is 1. The van der Waals surface area contributed by atoms with Crippen LogP contribution in [0.25, 0.3) is 0 Å². The number of nitriles is 1. The summed E-state index contributed by atoms with van der Waals surface area (Å²) < 4.78 is 11.2. The topological polar surface area (TPSA) is 71.3 Å². The first-order valence-electron chi connectivity index (χ1n) is 8.39. The summed E-state index contributed by atoms with van der Waals surface area (Å²) in [6.07, 6.45) is 2.19. The van der Waals surface area contributed by atoms with Gasteiger partial charge in [0.1, 0.15) is 22.7 Å². The van der Waals surface area contributed by atoms with Crippen molar-refractivity contribution in [3.05, 3.63) is 48.5 Å². The summed E-state index contributed by atoms with van der Waals surface area (Å²) in [7, 11) is 0. The van der Waals surface area contributed by atoms with Gasteiger partial charge in [-0.15, -0.1) is 0 Å². The molecule has 0 radical (unpaired) electrons. The lowest BCUT2D eigenvalue weighted by Gasteiger charge is -2.33. The standard InChI is InChI=1S/C20H20N2O3/c1-2-24-16-8-10-18(11-9-16)25-17-6-4-15(5-7-17)22-19(23)20(14-21)12-3-13-20/h4-11H,2-3,12-13H2,1H3,(H,22,23). The van der Waals surface area contributed by atoms with Gasteiger partial charge in [0.2, 0.25) is 5.91 Å². The van der Waals surface area contributed by atoms with Gasteiger partial charge in [-0.2, -0.15) is 5.26 Å². The molecule has 0 spiro atoms. The summed E-state index contributed by atoms with van der Waals surface area (Å²) in [5.41, 5.74) is -0.192. The molecule has 1 aliphatic carbocycles. The molecule has 0 aromatic heterocycles. The Morgan fingerprint density at radius 1 is 1.08 bits per heavy atom. The Hall–Kier alpha value is -3.00. The molecule has 2 aromatic carbocycles. The van der Waals surface area contributed by atoms with Crippen molar-refractivity contribution in [1.29, 1.82) is 5.26 Å². The SMILES string of the molecule is CCOc1ccc(Oc2ccc(NC(=O)C3(C#N)CCC3)cc2)cc1. The van der Waals surface area contributed by atoms with E-state index in [1.54, 1.807) is 24.3 Å². The van der Waals surface area contributed by atoms with Gasteiger partial charge in [-0.05, 0) is 74.7 Å². The van der Waals surface area contributed by atoms with Crippen LogP contribution in [0, 0.1) is 16.7 Å². The van der Waals surface area contributed by atoms with Gasteiger partial charge in [0.25, 0.3) is 0 Å². The van der Waals surface area contributed by atoms with Gasteiger partial charge in [0.05, 0.1) is 12.7 Å². The quantitative estimate of drug-likeness (QED) is 0.842. The number of carbonyl (C=O) groups excluding carboxylic acids is 1. The van der Waals surface area contributed by atoms with Crippen LogP contribution in [0.3, 0.4) is 0 Å². The number of ether oxygens (including phenoxy) is 2. The van der Waals surface area contributed by atoms with Gasteiger partial charge >= 0.3 is 0 Å². The Morgan fingerprint density at radius 2 is 1.64 bits per heavy atom. The van der Waals surface area contributed by atoms with Gasteiger partial charge in [0, 0.05) is 5.69 Å². The maximum Gasteiger partial charge on any atom is 0.244 e. The van der Waals surface area contributed by atoms with Crippen LogP contribution >= 0.6 is 0 Å². The molecule has 1 saturated carbocycles. The van der Waals surface area contributed by atoms with E-state index in [-0.39, 0.29) is 5.91 Å². The highest BCUT2D eigenvalue weighted by molar-refractivity contribution is 5.97. The Kier molecular flexibility index (Phi) is 4.90. The first kappa shape index (κ1) is 16.8. The predicted octanol–water partition coefficient (Wildman–Crippen LogP) is 4.51. The minimum absolute atomic E-state index is 0.221. The predicted molar refractivity (Wildman–Crippen MR) is 94.7 cm³/mol. The number of nitrogens with zero attached hydrogens (tertiary/aromatic N) is 1. The zero-order valence-corrected chi connectivity index (χ0v) is 14.1. The molecule has 1 N–H and O–H groups in total. The monoisotopic (exact) mass is 336 g/mol. The average Bonchev–Trinajstić information content (AvgIpc) is 2.58. The highest BCUT2D eigenvalue weighted by Gasteiger charge is 2.44. The van der Waals surface area contributed by atoms with E-state index in [9.17, 15) is 10.1 Å². The molecule has 0 unspecified atom stereocenters. The Morgan fingerprint density at radius 3 is 2.12 bits per heavy atom. The highest BCUT2D eigenvalue weighted by Crippen LogP contribution is 2.41. The first-order valence-corrected chi connectivity index (χ1v) is 8.39. The summed E-state index contributed by atoms with van der Waals surface area (Å²) in [5.74, 6) is 1.95. The van der Waals surface area contributed by atoms with Gasteiger partial charge < -0.3 is 14.8 Å². The van der Waals surface area contributed by atoms with E-state index in [2.05, 4.69) is 11.4 Å². The fraction of sp³-hybridized carbons (Fsp3) is 0.300. The van der Waals surface area contributed by atoms with Crippen LogP contribution in [-0.4, -0.2) is 12.5 Å². The first-order chi connectivity index (χ1) is 12.1. The molecule has 1 amide bonds. The second-order valence-electron chi connectivity index (χ2n) is 6.03. The van der Waals surface area contributed by atoms with Crippen LogP contribution in [0.4, 0.5) is 5.69 Å². The summed E-state index contributed by atoms with van der Waals surface area (Å²) in [4.78, 5) is 12.2. The summed E-state index contributed by atoms with van der Waals surface area (Å²) in [6, 6.07) is 16.6. The van der Waals surface area contributed by atoms with E-state index < -0.39 is 5.41 Å². The lowest BCUT2D eigenvalue weighted by Crippen LogP contribution is -2.40. The number of hydrogen-bond donors (Lipinski definition) is 1. The van der Waals surface area contributed by atoms with Crippen LogP contribution in [0.1, 0.15) is 26.2 Å². The van der Waals surface area contributed by atoms with E-state index in [1.165, 1.54) is 0 Å². The van der Waals surface area contributed by atoms with Crippen molar-refractivity contribution in [2.75, 3.05) is 11.9 Å².